The summed E-state index contributed by atoms with van der Waals surface area (Å²) in [5.41, 5.74) is 1.12. The fourth-order valence-corrected chi connectivity index (χ4v) is 5.29. The molecule has 3 nitrogen and oxygen atoms in total. The molecule has 6 heteroatoms. The second-order valence-corrected chi connectivity index (χ2v) is 8.99. The molecule has 3 aromatic rings. The quantitative estimate of drug-likeness (QED) is 0.655. The molecule has 3 heterocycles. The van der Waals surface area contributed by atoms with Gasteiger partial charge in [0.2, 0.25) is 0 Å². The zero-order chi connectivity index (χ0) is 14.9. The molecule has 0 atom stereocenters. The average molecular weight is 394 g/mol. The van der Waals surface area contributed by atoms with Crippen molar-refractivity contribution in [2.75, 3.05) is 31.1 Å². The largest absolute Gasteiger partial charge is 0.345 e. The number of para-hydroxylation sites is 1. The van der Waals surface area contributed by atoms with Crippen molar-refractivity contribution < 1.29 is 0 Å². The van der Waals surface area contributed by atoms with Gasteiger partial charge in [-0.2, -0.15) is 0 Å². The summed E-state index contributed by atoms with van der Waals surface area (Å²) in [6.07, 6.45) is 0. The van der Waals surface area contributed by atoms with Crippen LogP contribution in [0, 0.1) is 0 Å². The molecule has 114 valence electrons. The molecule has 0 unspecified atom stereocenters. The molecular weight excluding hydrogens is 378 g/mol. The number of halogens is 1. The van der Waals surface area contributed by atoms with Gasteiger partial charge in [-0.3, -0.25) is 4.90 Å². The van der Waals surface area contributed by atoms with E-state index < -0.39 is 0 Å². The highest BCUT2D eigenvalue weighted by molar-refractivity contribution is 9.11. The highest BCUT2D eigenvalue weighted by atomic mass is 79.9. The summed E-state index contributed by atoms with van der Waals surface area (Å²) in [7, 11) is 0. The summed E-state index contributed by atoms with van der Waals surface area (Å²) in [6.45, 7) is 5.39. The number of aromatic nitrogens is 1. The van der Waals surface area contributed by atoms with Crippen molar-refractivity contribution >= 4 is 54.0 Å². The van der Waals surface area contributed by atoms with Gasteiger partial charge in [-0.05, 0) is 40.2 Å². The van der Waals surface area contributed by atoms with Crippen LogP contribution in [0.15, 0.2) is 40.2 Å². The molecule has 0 amide bonds. The number of anilines is 1. The molecule has 0 saturated carbocycles. The number of rotatable bonds is 3. The van der Waals surface area contributed by atoms with Crippen LogP contribution in [0.4, 0.5) is 5.13 Å². The van der Waals surface area contributed by atoms with E-state index in [4.69, 9.17) is 4.98 Å². The summed E-state index contributed by atoms with van der Waals surface area (Å²) >= 11 is 7.18. The van der Waals surface area contributed by atoms with Gasteiger partial charge in [0, 0.05) is 37.6 Å². The van der Waals surface area contributed by atoms with Gasteiger partial charge in [0.25, 0.3) is 0 Å². The van der Waals surface area contributed by atoms with Gasteiger partial charge in [0.1, 0.15) is 0 Å². The van der Waals surface area contributed by atoms with Crippen molar-refractivity contribution in [3.05, 3.63) is 45.1 Å². The Balaban J connectivity index is 1.40. The fraction of sp³-hybridized carbons (Fsp3) is 0.312. The minimum absolute atomic E-state index is 1.06. The molecule has 0 spiro atoms. The first kappa shape index (κ1) is 14.6. The van der Waals surface area contributed by atoms with Crippen LogP contribution in [0.25, 0.3) is 10.2 Å². The number of nitrogens with zero attached hydrogens (tertiary/aromatic N) is 3. The van der Waals surface area contributed by atoms with E-state index >= 15 is 0 Å². The minimum Gasteiger partial charge on any atom is -0.345 e. The highest BCUT2D eigenvalue weighted by Gasteiger charge is 2.20. The summed E-state index contributed by atoms with van der Waals surface area (Å²) < 4.78 is 2.50. The maximum absolute atomic E-state index is 4.77. The van der Waals surface area contributed by atoms with E-state index in [2.05, 4.69) is 62.1 Å². The minimum atomic E-state index is 1.06. The highest BCUT2D eigenvalue weighted by Crippen LogP contribution is 2.29. The molecule has 1 aliphatic rings. The number of hydrogen-bond acceptors (Lipinski definition) is 5. The smallest absolute Gasteiger partial charge is 0.186 e. The number of thiophene rings is 1. The number of piperazine rings is 1. The monoisotopic (exact) mass is 393 g/mol. The number of thiazole rings is 1. The molecule has 0 N–H and O–H groups in total. The molecule has 22 heavy (non-hydrogen) atoms. The van der Waals surface area contributed by atoms with Crippen LogP contribution >= 0.6 is 38.6 Å². The first-order valence-electron chi connectivity index (χ1n) is 7.35. The second-order valence-electron chi connectivity index (χ2n) is 5.43. The lowest BCUT2D eigenvalue weighted by Gasteiger charge is -2.34. The Morgan fingerprint density at radius 1 is 1.00 bits per heavy atom. The van der Waals surface area contributed by atoms with Crippen molar-refractivity contribution in [2.45, 2.75) is 6.54 Å². The Hall–Kier alpha value is -0.950. The zero-order valence-corrected chi connectivity index (χ0v) is 15.3. The van der Waals surface area contributed by atoms with Crippen molar-refractivity contribution in [3.63, 3.8) is 0 Å². The first-order chi connectivity index (χ1) is 10.8. The SMILES string of the molecule is Brc1ccc(CN2CCN(c3nc4ccccc4s3)CC2)s1. The summed E-state index contributed by atoms with van der Waals surface area (Å²) in [5, 5.41) is 1.17. The molecule has 1 saturated heterocycles. The molecule has 0 bridgehead atoms. The third kappa shape index (κ3) is 3.06. The van der Waals surface area contributed by atoms with E-state index in [1.807, 2.05) is 11.3 Å². The van der Waals surface area contributed by atoms with E-state index in [-0.39, 0.29) is 0 Å². The second kappa shape index (κ2) is 6.28. The van der Waals surface area contributed by atoms with E-state index in [0.29, 0.717) is 0 Å². The number of hydrogen-bond donors (Lipinski definition) is 0. The van der Waals surface area contributed by atoms with Crippen LogP contribution in [-0.2, 0) is 6.54 Å². The lowest BCUT2D eigenvalue weighted by atomic mass is 10.3. The van der Waals surface area contributed by atoms with Gasteiger partial charge in [0.15, 0.2) is 5.13 Å². The van der Waals surface area contributed by atoms with Crippen LogP contribution in [-0.4, -0.2) is 36.1 Å². The van der Waals surface area contributed by atoms with E-state index in [9.17, 15) is 0 Å². The van der Waals surface area contributed by atoms with E-state index in [0.717, 1.165) is 38.2 Å². The lowest BCUT2D eigenvalue weighted by Crippen LogP contribution is -2.45. The van der Waals surface area contributed by atoms with Crippen LogP contribution in [0.2, 0.25) is 0 Å². The van der Waals surface area contributed by atoms with Gasteiger partial charge in [-0.25, -0.2) is 4.98 Å². The Labute approximate surface area is 146 Å². The number of fused-ring (bicyclic) bond motifs is 1. The van der Waals surface area contributed by atoms with Gasteiger partial charge >= 0.3 is 0 Å². The Morgan fingerprint density at radius 3 is 2.55 bits per heavy atom. The Bertz CT molecular complexity index is 741. The zero-order valence-electron chi connectivity index (χ0n) is 12.0. The van der Waals surface area contributed by atoms with Crippen LogP contribution in [0.5, 0.6) is 0 Å². The van der Waals surface area contributed by atoms with Crippen molar-refractivity contribution in [1.82, 2.24) is 9.88 Å². The summed E-state index contributed by atoms with van der Waals surface area (Å²) in [6, 6.07) is 12.7. The third-order valence-corrected chi connectivity index (χ3v) is 6.64. The third-order valence-electron chi connectivity index (χ3n) is 3.93. The summed E-state index contributed by atoms with van der Waals surface area (Å²) in [5.74, 6) is 0. The van der Waals surface area contributed by atoms with Gasteiger partial charge in [0.05, 0.1) is 14.0 Å². The average Bonchev–Trinajstić information content (AvgIpc) is 3.14. The molecule has 2 aromatic heterocycles. The molecule has 4 rings (SSSR count). The van der Waals surface area contributed by atoms with Crippen molar-refractivity contribution in [2.24, 2.45) is 0 Å². The van der Waals surface area contributed by atoms with E-state index in [1.165, 1.54) is 18.5 Å². The summed E-state index contributed by atoms with van der Waals surface area (Å²) in [4.78, 5) is 11.2. The van der Waals surface area contributed by atoms with Gasteiger partial charge in [-0.15, -0.1) is 11.3 Å². The van der Waals surface area contributed by atoms with E-state index in [1.54, 1.807) is 11.3 Å². The Morgan fingerprint density at radius 2 is 1.82 bits per heavy atom. The van der Waals surface area contributed by atoms with Crippen LogP contribution in [0.3, 0.4) is 0 Å². The molecule has 1 fully saturated rings. The maximum Gasteiger partial charge on any atom is 0.186 e. The predicted octanol–water partition coefficient (Wildman–Crippen LogP) is 4.44. The molecule has 0 aliphatic carbocycles. The fourth-order valence-electron chi connectivity index (χ4n) is 2.75. The molecule has 1 aliphatic heterocycles. The molecule has 1 aromatic carbocycles. The maximum atomic E-state index is 4.77. The normalized spacial score (nSPS) is 16.5. The van der Waals surface area contributed by atoms with Gasteiger partial charge in [-0.1, -0.05) is 23.5 Å². The van der Waals surface area contributed by atoms with Crippen LogP contribution < -0.4 is 4.90 Å². The predicted molar refractivity (Wildman–Crippen MR) is 99.1 cm³/mol. The number of benzene rings is 1. The Kier molecular flexibility index (Phi) is 4.17. The topological polar surface area (TPSA) is 19.4 Å². The van der Waals surface area contributed by atoms with Crippen molar-refractivity contribution in [3.8, 4) is 0 Å². The van der Waals surface area contributed by atoms with Crippen LogP contribution in [0.1, 0.15) is 4.88 Å². The lowest BCUT2D eigenvalue weighted by molar-refractivity contribution is 0.252. The standard InChI is InChI=1S/C16H16BrN3S2/c17-15-6-5-12(21-15)11-19-7-9-20(10-8-19)16-18-13-3-1-2-4-14(13)22-16/h1-6H,7-11H2. The van der Waals surface area contributed by atoms with Crippen molar-refractivity contribution in [1.29, 1.82) is 0 Å². The first-order valence-corrected chi connectivity index (χ1v) is 9.78. The molecular formula is C16H16BrN3S2. The molecule has 0 radical (unpaired) electrons. The van der Waals surface area contributed by atoms with Gasteiger partial charge < -0.3 is 4.90 Å².